The smallest absolute Gasteiger partial charge is 0.328 e. The van der Waals surface area contributed by atoms with Crippen LogP contribution in [-0.4, -0.2) is 42.2 Å². The first kappa shape index (κ1) is 16.0. The van der Waals surface area contributed by atoms with Crippen LogP contribution in [0.4, 0.5) is 0 Å². The minimum Gasteiger partial charge on any atom is -0.480 e. The number of hydrogen-bond acceptors (Lipinski definition) is 3. The van der Waals surface area contributed by atoms with Crippen LogP contribution in [0.5, 0.6) is 0 Å². The first-order valence-electron chi connectivity index (χ1n) is 7.56. The standard InChI is InChI=1S/C17H26N2O2/c1-16(2,3)13-5-7-14(8-6-13)17(4,15(20)21)19-11-9-18-10-12-19/h5-8,18H,9-12H2,1-4H3,(H,20,21). The van der Waals surface area contributed by atoms with Crippen LogP contribution in [0.2, 0.25) is 0 Å². The van der Waals surface area contributed by atoms with Crippen molar-refractivity contribution in [3.63, 3.8) is 0 Å². The maximum atomic E-state index is 11.9. The second-order valence-corrected chi connectivity index (χ2v) is 6.94. The van der Waals surface area contributed by atoms with Crippen molar-refractivity contribution < 1.29 is 9.90 Å². The van der Waals surface area contributed by atoms with E-state index in [0.29, 0.717) is 0 Å². The number of nitrogens with one attached hydrogen (secondary N) is 1. The Morgan fingerprint density at radius 1 is 1.05 bits per heavy atom. The molecule has 0 spiro atoms. The maximum absolute atomic E-state index is 11.9. The molecule has 116 valence electrons. The molecule has 2 rings (SSSR count). The summed E-state index contributed by atoms with van der Waals surface area (Å²) in [6, 6.07) is 8.05. The molecule has 1 heterocycles. The van der Waals surface area contributed by atoms with E-state index >= 15 is 0 Å². The molecule has 1 fully saturated rings. The number of carbonyl (C=O) groups is 1. The Hall–Kier alpha value is -1.39. The Morgan fingerprint density at radius 2 is 1.52 bits per heavy atom. The van der Waals surface area contributed by atoms with Crippen LogP contribution < -0.4 is 5.32 Å². The van der Waals surface area contributed by atoms with Crippen LogP contribution in [-0.2, 0) is 15.7 Å². The molecule has 4 heteroatoms. The molecule has 0 saturated carbocycles. The van der Waals surface area contributed by atoms with E-state index in [-0.39, 0.29) is 5.41 Å². The molecule has 1 atom stereocenters. The highest BCUT2D eigenvalue weighted by molar-refractivity contribution is 5.80. The van der Waals surface area contributed by atoms with Crippen LogP contribution in [0.3, 0.4) is 0 Å². The average molecular weight is 290 g/mol. The highest BCUT2D eigenvalue weighted by Crippen LogP contribution is 2.31. The minimum absolute atomic E-state index is 0.0766. The summed E-state index contributed by atoms with van der Waals surface area (Å²) in [6.07, 6.45) is 0. The van der Waals surface area contributed by atoms with Crippen LogP contribution in [0.15, 0.2) is 24.3 Å². The predicted octanol–water partition coefficient (Wildman–Crippen LogP) is 2.19. The Morgan fingerprint density at radius 3 is 1.95 bits per heavy atom. The molecule has 1 unspecified atom stereocenters. The lowest BCUT2D eigenvalue weighted by Crippen LogP contribution is -2.56. The van der Waals surface area contributed by atoms with Gasteiger partial charge in [-0.05, 0) is 23.5 Å². The summed E-state index contributed by atoms with van der Waals surface area (Å²) in [7, 11) is 0. The van der Waals surface area contributed by atoms with Gasteiger partial charge in [0.25, 0.3) is 0 Å². The summed E-state index contributed by atoms with van der Waals surface area (Å²) in [5, 5.41) is 13.1. The van der Waals surface area contributed by atoms with E-state index in [0.717, 1.165) is 31.7 Å². The molecule has 0 radical (unpaired) electrons. The van der Waals surface area contributed by atoms with Crippen LogP contribution >= 0.6 is 0 Å². The van der Waals surface area contributed by atoms with Crippen LogP contribution in [0, 0.1) is 0 Å². The number of hydrogen-bond donors (Lipinski definition) is 2. The van der Waals surface area contributed by atoms with Crippen molar-refractivity contribution >= 4 is 5.97 Å². The average Bonchev–Trinajstić information content (AvgIpc) is 2.46. The lowest BCUT2D eigenvalue weighted by molar-refractivity contribution is -0.151. The van der Waals surface area contributed by atoms with E-state index in [1.54, 1.807) is 0 Å². The molecule has 1 aromatic carbocycles. The number of nitrogens with zero attached hydrogens (tertiary/aromatic N) is 1. The van der Waals surface area contributed by atoms with Crippen molar-refractivity contribution in [3.05, 3.63) is 35.4 Å². The van der Waals surface area contributed by atoms with Gasteiger partial charge >= 0.3 is 5.97 Å². The minimum atomic E-state index is -0.960. The Labute approximate surface area is 127 Å². The van der Waals surface area contributed by atoms with Gasteiger partial charge in [0.15, 0.2) is 0 Å². The molecule has 0 bridgehead atoms. The Kier molecular flexibility index (Phi) is 4.40. The summed E-state index contributed by atoms with van der Waals surface area (Å²) in [5.74, 6) is -0.784. The van der Waals surface area contributed by atoms with E-state index in [4.69, 9.17) is 0 Å². The zero-order chi connectivity index (χ0) is 15.7. The first-order chi connectivity index (χ1) is 9.76. The van der Waals surface area contributed by atoms with E-state index in [9.17, 15) is 9.90 Å². The van der Waals surface area contributed by atoms with Crippen LogP contribution in [0.25, 0.3) is 0 Å². The lowest BCUT2D eigenvalue weighted by Gasteiger charge is -2.41. The van der Waals surface area contributed by atoms with Crippen molar-refractivity contribution in [1.82, 2.24) is 10.2 Å². The van der Waals surface area contributed by atoms with Crippen LogP contribution in [0.1, 0.15) is 38.8 Å². The summed E-state index contributed by atoms with van der Waals surface area (Å²) in [4.78, 5) is 14.0. The largest absolute Gasteiger partial charge is 0.480 e. The fraction of sp³-hybridized carbons (Fsp3) is 0.588. The second kappa shape index (κ2) is 5.78. The third-order valence-electron chi connectivity index (χ3n) is 4.48. The topological polar surface area (TPSA) is 52.6 Å². The monoisotopic (exact) mass is 290 g/mol. The van der Waals surface area contributed by atoms with E-state index in [2.05, 4.69) is 43.1 Å². The number of piperazine rings is 1. The zero-order valence-corrected chi connectivity index (χ0v) is 13.4. The number of carboxylic acid groups (broad SMARTS) is 1. The van der Waals surface area contributed by atoms with Crippen molar-refractivity contribution in [2.45, 2.75) is 38.6 Å². The summed E-state index contributed by atoms with van der Waals surface area (Å²) >= 11 is 0. The summed E-state index contributed by atoms with van der Waals surface area (Å²) in [6.45, 7) is 11.5. The van der Waals surface area contributed by atoms with E-state index < -0.39 is 11.5 Å². The summed E-state index contributed by atoms with van der Waals surface area (Å²) in [5.41, 5.74) is 1.19. The van der Waals surface area contributed by atoms with Gasteiger partial charge in [0.2, 0.25) is 0 Å². The van der Waals surface area contributed by atoms with Crippen molar-refractivity contribution in [3.8, 4) is 0 Å². The van der Waals surface area contributed by atoms with E-state index in [1.807, 2.05) is 19.1 Å². The van der Waals surface area contributed by atoms with Crippen molar-refractivity contribution in [2.75, 3.05) is 26.2 Å². The van der Waals surface area contributed by atoms with Gasteiger partial charge in [-0.15, -0.1) is 0 Å². The third kappa shape index (κ3) is 3.11. The van der Waals surface area contributed by atoms with Gasteiger partial charge in [-0.1, -0.05) is 45.0 Å². The van der Waals surface area contributed by atoms with Gasteiger partial charge in [0.1, 0.15) is 5.54 Å². The molecule has 0 aliphatic carbocycles. The second-order valence-electron chi connectivity index (χ2n) is 6.94. The summed E-state index contributed by atoms with van der Waals surface area (Å²) < 4.78 is 0. The predicted molar refractivity (Wildman–Crippen MR) is 84.6 cm³/mol. The first-order valence-corrected chi connectivity index (χ1v) is 7.56. The number of rotatable bonds is 3. The normalized spacial score (nSPS) is 20.0. The molecule has 2 N–H and O–H groups in total. The molecule has 21 heavy (non-hydrogen) atoms. The number of benzene rings is 1. The Balaban J connectivity index is 2.36. The molecule has 1 aromatic rings. The Bertz CT molecular complexity index is 499. The molecule has 0 amide bonds. The third-order valence-corrected chi connectivity index (χ3v) is 4.48. The van der Waals surface area contributed by atoms with Crippen molar-refractivity contribution in [1.29, 1.82) is 0 Å². The van der Waals surface area contributed by atoms with E-state index in [1.165, 1.54) is 5.56 Å². The molecule has 1 saturated heterocycles. The van der Waals surface area contributed by atoms with Gasteiger partial charge in [-0.3, -0.25) is 4.90 Å². The van der Waals surface area contributed by atoms with Gasteiger partial charge in [-0.2, -0.15) is 0 Å². The highest BCUT2D eigenvalue weighted by Gasteiger charge is 2.41. The van der Waals surface area contributed by atoms with Gasteiger partial charge in [-0.25, -0.2) is 4.79 Å². The number of carboxylic acids is 1. The van der Waals surface area contributed by atoms with Gasteiger partial charge in [0.05, 0.1) is 0 Å². The molecule has 1 aliphatic heterocycles. The maximum Gasteiger partial charge on any atom is 0.328 e. The fourth-order valence-corrected chi connectivity index (χ4v) is 2.85. The molecule has 4 nitrogen and oxygen atoms in total. The van der Waals surface area contributed by atoms with Crippen molar-refractivity contribution in [2.24, 2.45) is 0 Å². The quantitative estimate of drug-likeness (QED) is 0.896. The lowest BCUT2D eigenvalue weighted by atomic mass is 9.83. The molecular formula is C17H26N2O2. The van der Waals surface area contributed by atoms with Gasteiger partial charge < -0.3 is 10.4 Å². The molecule has 1 aliphatic rings. The van der Waals surface area contributed by atoms with Gasteiger partial charge in [0, 0.05) is 26.2 Å². The molecule has 0 aromatic heterocycles. The molecular weight excluding hydrogens is 264 g/mol. The SMILES string of the molecule is CC(C)(C)c1ccc(C(C)(C(=O)O)N2CCNCC2)cc1. The highest BCUT2D eigenvalue weighted by atomic mass is 16.4. The number of aliphatic carboxylic acids is 1. The fourth-order valence-electron chi connectivity index (χ4n) is 2.85. The zero-order valence-electron chi connectivity index (χ0n) is 13.4.